The summed E-state index contributed by atoms with van der Waals surface area (Å²) in [5, 5.41) is 1.14. The summed E-state index contributed by atoms with van der Waals surface area (Å²) in [5.74, 6) is 0.853. The number of nitrogens with zero attached hydrogens (tertiary/aromatic N) is 1. The maximum atomic E-state index is 3.50. The van der Waals surface area contributed by atoms with Gasteiger partial charge in [0, 0.05) is 11.4 Å². The molecule has 0 aliphatic heterocycles. The van der Waals surface area contributed by atoms with Crippen LogP contribution in [-0.2, 0) is 0 Å². The molecule has 1 atom stereocenters. The molecule has 0 saturated heterocycles. The van der Waals surface area contributed by atoms with E-state index in [0.29, 0.717) is 0 Å². The van der Waals surface area contributed by atoms with Crippen molar-refractivity contribution in [3.05, 3.63) is 0 Å². The summed E-state index contributed by atoms with van der Waals surface area (Å²) in [4.78, 5) is 2.52. The van der Waals surface area contributed by atoms with Gasteiger partial charge < -0.3 is 4.90 Å². The molecule has 1 nitrogen and oxygen atoms in total. The minimum atomic E-state index is 0.783. The van der Waals surface area contributed by atoms with Crippen LogP contribution in [0.5, 0.6) is 0 Å². The predicted molar refractivity (Wildman–Crippen MR) is 69.2 cm³/mol. The molecule has 86 valence electrons. The topological polar surface area (TPSA) is 3.24 Å². The summed E-state index contributed by atoms with van der Waals surface area (Å²) in [5.41, 5.74) is 0. The summed E-state index contributed by atoms with van der Waals surface area (Å²) < 4.78 is 0. The predicted octanol–water partition coefficient (Wildman–Crippen LogP) is 3.92. The fourth-order valence-corrected chi connectivity index (χ4v) is 2.63. The van der Waals surface area contributed by atoms with E-state index in [2.05, 4.69) is 48.6 Å². The zero-order chi connectivity index (χ0) is 11.0. The third-order valence-electron chi connectivity index (χ3n) is 3.14. The molecule has 0 bridgehead atoms. The molecule has 0 fully saturated rings. The second-order valence-electron chi connectivity index (χ2n) is 4.32. The number of alkyl halides is 1. The van der Waals surface area contributed by atoms with Crippen molar-refractivity contribution in [3.63, 3.8) is 0 Å². The Bertz CT molecular complexity index is 123. The lowest BCUT2D eigenvalue weighted by Gasteiger charge is -2.27. The van der Waals surface area contributed by atoms with Crippen molar-refractivity contribution in [1.29, 1.82) is 0 Å². The summed E-state index contributed by atoms with van der Waals surface area (Å²) >= 11 is 3.50. The highest BCUT2D eigenvalue weighted by atomic mass is 79.9. The highest BCUT2D eigenvalue weighted by Crippen LogP contribution is 2.12. The van der Waals surface area contributed by atoms with Gasteiger partial charge in [-0.1, -0.05) is 36.7 Å². The Morgan fingerprint density at radius 1 is 1.14 bits per heavy atom. The molecule has 0 aromatic rings. The van der Waals surface area contributed by atoms with Crippen LogP contribution in [0.4, 0.5) is 0 Å². The molecule has 1 unspecified atom stereocenters. The third-order valence-corrected chi connectivity index (χ3v) is 3.60. The van der Waals surface area contributed by atoms with Crippen LogP contribution in [0.2, 0.25) is 0 Å². The van der Waals surface area contributed by atoms with Crippen LogP contribution in [0.3, 0.4) is 0 Å². The lowest BCUT2D eigenvalue weighted by atomic mass is 10.0. The minimum absolute atomic E-state index is 0.783. The number of rotatable bonds is 8. The van der Waals surface area contributed by atoms with Crippen molar-refractivity contribution in [2.45, 2.75) is 52.5 Å². The van der Waals surface area contributed by atoms with E-state index >= 15 is 0 Å². The zero-order valence-corrected chi connectivity index (χ0v) is 11.8. The molecule has 0 aromatic heterocycles. The van der Waals surface area contributed by atoms with Crippen LogP contribution in [0.1, 0.15) is 46.5 Å². The first kappa shape index (κ1) is 14.4. The van der Waals surface area contributed by atoms with Gasteiger partial charge in [-0.25, -0.2) is 0 Å². The zero-order valence-electron chi connectivity index (χ0n) is 10.2. The first-order valence-electron chi connectivity index (χ1n) is 5.91. The molecule has 0 rings (SSSR count). The van der Waals surface area contributed by atoms with Gasteiger partial charge in [0.15, 0.2) is 0 Å². The molecule has 0 aliphatic carbocycles. The normalized spacial score (nSPS) is 13.9. The Hall–Kier alpha value is 0.440. The highest BCUT2D eigenvalue weighted by molar-refractivity contribution is 9.09. The average molecular weight is 264 g/mol. The standard InChI is InChI=1S/C12H26BrN/c1-5-12(6-2)14(4)10-8-11(3)7-9-13/h11-12H,5-10H2,1-4H3. The highest BCUT2D eigenvalue weighted by Gasteiger charge is 2.11. The molecule has 0 amide bonds. The molecule has 14 heavy (non-hydrogen) atoms. The van der Waals surface area contributed by atoms with E-state index in [0.717, 1.165) is 17.3 Å². The molecule has 0 N–H and O–H groups in total. The van der Waals surface area contributed by atoms with Crippen molar-refractivity contribution in [2.75, 3.05) is 18.9 Å². The lowest BCUT2D eigenvalue weighted by Crippen LogP contribution is -2.32. The maximum absolute atomic E-state index is 3.50. The Morgan fingerprint density at radius 3 is 2.14 bits per heavy atom. The van der Waals surface area contributed by atoms with Crippen molar-refractivity contribution in [2.24, 2.45) is 5.92 Å². The van der Waals surface area contributed by atoms with Gasteiger partial charge in [-0.2, -0.15) is 0 Å². The van der Waals surface area contributed by atoms with Gasteiger partial charge in [-0.05, 0) is 45.2 Å². The number of hydrogen-bond donors (Lipinski definition) is 0. The minimum Gasteiger partial charge on any atom is -0.303 e. The molecule has 0 heterocycles. The molecule has 2 heteroatoms. The van der Waals surface area contributed by atoms with E-state index < -0.39 is 0 Å². The van der Waals surface area contributed by atoms with E-state index in [9.17, 15) is 0 Å². The Balaban J connectivity index is 3.65. The number of halogens is 1. The molecule has 0 saturated carbocycles. The second-order valence-corrected chi connectivity index (χ2v) is 5.12. The summed E-state index contributed by atoms with van der Waals surface area (Å²) in [6.07, 6.45) is 5.19. The van der Waals surface area contributed by atoms with Crippen LogP contribution in [0.25, 0.3) is 0 Å². The van der Waals surface area contributed by atoms with E-state index in [1.54, 1.807) is 0 Å². The quantitative estimate of drug-likeness (QED) is 0.601. The third kappa shape index (κ3) is 6.02. The first-order valence-corrected chi connectivity index (χ1v) is 7.03. The molecular formula is C12H26BrN. The van der Waals surface area contributed by atoms with Crippen LogP contribution in [0.15, 0.2) is 0 Å². The summed E-state index contributed by atoms with van der Waals surface area (Å²) in [6, 6.07) is 0.783. The van der Waals surface area contributed by atoms with Crippen molar-refractivity contribution >= 4 is 15.9 Å². The van der Waals surface area contributed by atoms with Gasteiger partial charge in [-0.3, -0.25) is 0 Å². The van der Waals surface area contributed by atoms with Crippen LogP contribution in [0, 0.1) is 5.92 Å². The van der Waals surface area contributed by atoms with Crippen LogP contribution >= 0.6 is 15.9 Å². The Kier molecular flexibility index (Phi) is 9.00. The van der Waals surface area contributed by atoms with Gasteiger partial charge in [0.2, 0.25) is 0 Å². The van der Waals surface area contributed by atoms with E-state index in [1.165, 1.54) is 32.2 Å². The fourth-order valence-electron chi connectivity index (χ4n) is 1.85. The van der Waals surface area contributed by atoms with E-state index in [-0.39, 0.29) is 0 Å². The van der Waals surface area contributed by atoms with Crippen LogP contribution in [-0.4, -0.2) is 29.9 Å². The molecule has 0 spiro atoms. The van der Waals surface area contributed by atoms with E-state index in [4.69, 9.17) is 0 Å². The largest absolute Gasteiger partial charge is 0.303 e. The lowest BCUT2D eigenvalue weighted by molar-refractivity contribution is 0.215. The first-order chi connectivity index (χ1) is 6.65. The fraction of sp³-hybridized carbons (Fsp3) is 1.00. The van der Waals surface area contributed by atoms with Gasteiger partial charge in [0.25, 0.3) is 0 Å². The van der Waals surface area contributed by atoms with Crippen molar-refractivity contribution < 1.29 is 0 Å². The van der Waals surface area contributed by atoms with Gasteiger partial charge in [0.05, 0.1) is 0 Å². The summed E-state index contributed by atoms with van der Waals surface area (Å²) in [7, 11) is 2.26. The Labute approximate surface area is 98.4 Å². The van der Waals surface area contributed by atoms with Crippen molar-refractivity contribution in [3.8, 4) is 0 Å². The average Bonchev–Trinajstić information content (AvgIpc) is 2.17. The monoisotopic (exact) mass is 263 g/mol. The Morgan fingerprint density at radius 2 is 1.71 bits per heavy atom. The molecule has 0 aromatic carbocycles. The van der Waals surface area contributed by atoms with Gasteiger partial charge >= 0.3 is 0 Å². The molecule has 0 aliphatic rings. The van der Waals surface area contributed by atoms with Gasteiger partial charge in [-0.15, -0.1) is 0 Å². The van der Waals surface area contributed by atoms with E-state index in [1.807, 2.05) is 0 Å². The molecular weight excluding hydrogens is 238 g/mol. The second kappa shape index (κ2) is 8.72. The summed E-state index contributed by atoms with van der Waals surface area (Å²) in [6.45, 7) is 8.17. The smallest absolute Gasteiger partial charge is 0.00869 e. The van der Waals surface area contributed by atoms with Crippen molar-refractivity contribution in [1.82, 2.24) is 4.90 Å². The number of hydrogen-bond acceptors (Lipinski definition) is 1. The molecule has 0 radical (unpaired) electrons. The SMILES string of the molecule is CCC(CC)N(C)CCC(C)CCBr. The van der Waals surface area contributed by atoms with Crippen LogP contribution < -0.4 is 0 Å². The van der Waals surface area contributed by atoms with Gasteiger partial charge in [0.1, 0.15) is 0 Å². The maximum Gasteiger partial charge on any atom is 0.00869 e.